The normalized spacial score (nSPS) is 12.4. The van der Waals surface area contributed by atoms with E-state index < -0.39 is 21.6 Å². The van der Waals surface area contributed by atoms with Gasteiger partial charge < -0.3 is 0 Å². The quantitative estimate of drug-likeness (QED) is 0.760. The van der Waals surface area contributed by atoms with E-state index in [1.807, 2.05) is 0 Å². The van der Waals surface area contributed by atoms with Crippen LogP contribution in [0.5, 0.6) is 0 Å². The Labute approximate surface area is 73.2 Å². The fourth-order valence-electron chi connectivity index (χ4n) is 0.793. The van der Waals surface area contributed by atoms with Crippen molar-refractivity contribution in [2.75, 3.05) is 0 Å². The Bertz CT molecular complexity index is 411. The van der Waals surface area contributed by atoms with E-state index in [-0.39, 0.29) is 5.82 Å². The minimum absolute atomic E-state index is 0.0981. The number of nitrogens with two attached hydrogens (primary N) is 1. The summed E-state index contributed by atoms with van der Waals surface area (Å²) in [5.74, 6) is -0.0981. The number of hydrogen-bond acceptors (Lipinski definition) is 3. The summed E-state index contributed by atoms with van der Waals surface area (Å²) in [6.45, 7) is -1.55. The number of hydrogen-bond donors (Lipinski definition) is 1. The van der Waals surface area contributed by atoms with Gasteiger partial charge in [0, 0.05) is 6.20 Å². The Balaban J connectivity index is 3.25. The Hall–Kier alpha value is -1.02. The van der Waals surface area contributed by atoms with E-state index in [0.717, 1.165) is 0 Å². The molecule has 1 heterocycles. The van der Waals surface area contributed by atoms with Crippen LogP contribution in [0.4, 0.5) is 8.78 Å². The van der Waals surface area contributed by atoms with E-state index in [1.54, 1.807) is 0 Å². The average Bonchev–Trinajstić information content (AvgIpc) is 2.29. The van der Waals surface area contributed by atoms with E-state index in [2.05, 4.69) is 4.98 Å². The maximum absolute atomic E-state index is 12.1. The summed E-state index contributed by atoms with van der Waals surface area (Å²) in [5, 5.41) is 4.14. The standard InChI is InChI=1S/C5H7F2N3O2S/c1-3-9-4(13(8,11)12)2-10(3)5(6)7/h2,5H,1H3,(H2,8,11,12). The highest BCUT2D eigenvalue weighted by Gasteiger charge is 2.17. The van der Waals surface area contributed by atoms with Crippen LogP contribution in [0.3, 0.4) is 0 Å². The lowest BCUT2D eigenvalue weighted by Crippen LogP contribution is -2.12. The zero-order valence-electron chi connectivity index (χ0n) is 6.61. The SMILES string of the molecule is Cc1nc(S(N)(=O)=O)cn1C(F)F. The van der Waals surface area contributed by atoms with Gasteiger partial charge in [0.1, 0.15) is 5.82 Å². The molecule has 0 bridgehead atoms. The number of aromatic nitrogens is 2. The Morgan fingerprint density at radius 3 is 2.38 bits per heavy atom. The third-order valence-electron chi connectivity index (χ3n) is 1.40. The van der Waals surface area contributed by atoms with Crippen molar-refractivity contribution >= 4 is 10.0 Å². The molecule has 0 radical (unpaired) electrons. The summed E-state index contributed by atoms with van der Waals surface area (Å²) in [7, 11) is -4.00. The minimum atomic E-state index is -4.00. The van der Waals surface area contributed by atoms with Crippen LogP contribution in [-0.4, -0.2) is 18.0 Å². The first-order valence-electron chi connectivity index (χ1n) is 3.19. The molecule has 2 N–H and O–H groups in total. The second-order valence-corrected chi connectivity index (χ2v) is 3.86. The predicted molar refractivity (Wildman–Crippen MR) is 39.6 cm³/mol. The highest BCUT2D eigenvalue weighted by Crippen LogP contribution is 2.15. The van der Waals surface area contributed by atoms with Crippen LogP contribution >= 0.6 is 0 Å². The predicted octanol–water partition coefficient (Wildman–Crippen LogP) is 0.234. The molecular formula is C5H7F2N3O2S. The second-order valence-electron chi connectivity index (χ2n) is 2.36. The average molecular weight is 211 g/mol. The van der Waals surface area contributed by atoms with Crippen LogP contribution < -0.4 is 5.14 Å². The highest BCUT2D eigenvalue weighted by atomic mass is 32.2. The highest BCUT2D eigenvalue weighted by molar-refractivity contribution is 7.89. The molecule has 0 atom stereocenters. The molecule has 13 heavy (non-hydrogen) atoms. The lowest BCUT2D eigenvalue weighted by molar-refractivity contribution is 0.0678. The molecule has 0 fully saturated rings. The van der Waals surface area contributed by atoms with Crippen LogP contribution in [0, 0.1) is 6.92 Å². The zero-order valence-corrected chi connectivity index (χ0v) is 7.42. The van der Waals surface area contributed by atoms with Gasteiger partial charge in [-0.3, -0.25) is 4.57 Å². The number of halogens is 2. The van der Waals surface area contributed by atoms with Crippen molar-refractivity contribution in [3.8, 4) is 0 Å². The number of aryl methyl sites for hydroxylation is 1. The van der Waals surface area contributed by atoms with Gasteiger partial charge in [-0.2, -0.15) is 8.78 Å². The first kappa shape index (κ1) is 10.1. The number of imidazole rings is 1. The fraction of sp³-hybridized carbons (Fsp3) is 0.400. The van der Waals surface area contributed by atoms with Crippen molar-refractivity contribution in [1.29, 1.82) is 0 Å². The fourth-order valence-corrected chi connectivity index (χ4v) is 1.31. The first-order valence-corrected chi connectivity index (χ1v) is 4.73. The smallest absolute Gasteiger partial charge is 0.276 e. The summed E-state index contributed by atoms with van der Waals surface area (Å²) in [4.78, 5) is 3.37. The Morgan fingerprint density at radius 1 is 1.62 bits per heavy atom. The maximum Gasteiger partial charge on any atom is 0.319 e. The second kappa shape index (κ2) is 3.04. The van der Waals surface area contributed by atoms with E-state index in [0.29, 0.717) is 10.8 Å². The van der Waals surface area contributed by atoms with Gasteiger partial charge in [0.05, 0.1) is 0 Å². The van der Waals surface area contributed by atoms with Gasteiger partial charge in [-0.05, 0) is 6.92 Å². The lowest BCUT2D eigenvalue weighted by Gasteiger charge is -1.99. The zero-order chi connectivity index (χ0) is 10.2. The minimum Gasteiger partial charge on any atom is -0.276 e. The van der Waals surface area contributed by atoms with Gasteiger partial charge >= 0.3 is 6.55 Å². The molecule has 0 aliphatic rings. The summed E-state index contributed by atoms with van der Waals surface area (Å²) >= 11 is 0. The molecule has 0 aliphatic heterocycles. The molecule has 5 nitrogen and oxygen atoms in total. The Kier molecular flexibility index (Phi) is 2.35. The molecule has 1 aromatic heterocycles. The van der Waals surface area contributed by atoms with Crippen molar-refractivity contribution in [3.05, 3.63) is 12.0 Å². The number of nitrogens with zero attached hydrogens (tertiary/aromatic N) is 2. The van der Waals surface area contributed by atoms with Crippen molar-refractivity contribution < 1.29 is 17.2 Å². The molecule has 1 aromatic rings. The monoisotopic (exact) mass is 211 g/mol. The maximum atomic E-state index is 12.1. The molecule has 0 aromatic carbocycles. The number of primary sulfonamides is 1. The van der Waals surface area contributed by atoms with E-state index in [9.17, 15) is 17.2 Å². The van der Waals surface area contributed by atoms with Crippen molar-refractivity contribution in [2.24, 2.45) is 5.14 Å². The molecule has 0 amide bonds. The van der Waals surface area contributed by atoms with Crippen molar-refractivity contribution in [3.63, 3.8) is 0 Å². The molecule has 0 saturated heterocycles. The van der Waals surface area contributed by atoms with Crippen LogP contribution in [0.2, 0.25) is 0 Å². The molecule has 0 spiro atoms. The van der Waals surface area contributed by atoms with Crippen molar-refractivity contribution in [2.45, 2.75) is 18.5 Å². The van der Waals surface area contributed by atoms with Gasteiger partial charge in [0.25, 0.3) is 10.0 Å². The van der Waals surface area contributed by atoms with Gasteiger partial charge in [-0.15, -0.1) is 0 Å². The summed E-state index contributed by atoms with van der Waals surface area (Å²) in [6, 6.07) is 0. The molecule has 8 heteroatoms. The number of rotatable bonds is 2. The first-order chi connectivity index (χ1) is 5.82. The third kappa shape index (κ3) is 2.01. The molecule has 1 rings (SSSR count). The molecule has 0 unspecified atom stereocenters. The third-order valence-corrected chi connectivity index (χ3v) is 2.18. The van der Waals surface area contributed by atoms with Crippen LogP contribution in [0.25, 0.3) is 0 Å². The van der Waals surface area contributed by atoms with Crippen molar-refractivity contribution in [1.82, 2.24) is 9.55 Å². The van der Waals surface area contributed by atoms with E-state index in [1.165, 1.54) is 6.92 Å². The molecule has 0 saturated carbocycles. The van der Waals surface area contributed by atoms with Crippen LogP contribution in [0.1, 0.15) is 12.4 Å². The van der Waals surface area contributed by atoms with E-state index >= 15 is 0 Å². The van der Waals surface area contributed by atoms with Gasteiger partial charge in [-0.25, -0.2) is 18.5 Å². The number of sulfonamides is 1. The van der Waals surface area contributed by atoms with Gasteiger partial charge in [-0.1, -0.05) is 0 Å². The number of alkyl halides is 2. The summed E-state index contributed by atoms with van der Waals surface area (Å²) in [6.07, 6.45) is 0.704. The lowest BCUT2D eigenvalue weighted by atomic mass is 10.7. The van der Waals surface area contributed by atoms with Crippen LogP contribution in [-0.2, 0) is 10.0 Å². The topological polar surface area (TPSA) is 78.0 Å². The van der Waals surface area contributed by atoms with Crippen LogP contribution in [0.15, 0.2) is 11.2 Å². The molecule has 74 valence electrons. The largest absolute Gasteiger partial charge is 0.319 e. The summed E-state index contributed by atoms with van der Waals surface area (Å²) < 4.78 is 46.0. The van der Waals surface area contributed by atoms with Gasteiger partial charge in [0.15, 0.2) is 5.03 Å². The van der Waals surface area contributed by atoms with Gasteiger partial charge in [0.2, 0.25) is 0 Å². The van der Waals surface area contributed by atoms with E-state index in [4.69, 9.17) is 5.14 Å². The Morgan fingerprint density at radius 2 is 2.15 bits per heavy atom. The molecule has 0 aliphatic carbocycles. The summed E-state index contributed by atoms with van der Waals surface area (Å²) in [5.41, 5.74) is 0. The molecular weight excluding hydrogens is 204 g/mol.